The number of benzene rings is 1. The van der Waals surface area contributed by atoms with E-state index in [2.05, 4.69) is 6.58 Å². The number of rotatable bonds is 1. The molecule has 2 rings (SSSR count). The molecule has 1 aromatic carbocycles. The van der Waals surface area contributed by atoms with Crippen LogP contribution in [0.2, 0.25) is 0 Å². The van der Waals surface area contributed by atoms with E-state index in [0.29, 0.717) is 16.8 Å². The Labute approximate surface area is 109 Å². The van der Waals surface area contributed by atoms with Gasteiger partial charge in [-0.25, -0.2) is 8.78 Å². The number of amides is 1. The van der Waals surface area contributed by atoms with E-state index >= 15 is 0 Å². The van der Waals surface area contributed by atoms with Crippen LogP contribution < -0.4 is 4.90 Å². The second-order valence-electron chi connectivity index (χ2n) is 4.23. The number of carbonyl (C=O) groups is 1. The van der Waals surface area contributed by atoms with Gasteiger partial charge in [0.25, 0.3) is 5.91 Å². The maximum absolute atomic E-state index is 13.9. The molecule has 0 saturated carbocycles. The molecule has 1 amide bonds. The molecular weight excluding hydrogens is 250 g/mol. The second-order valence-corrected chi connectivity index (χ2v) is 4.23. The molecule has 0 fully saturated rings. The molecule has 0 N–H and O–H groups in total. The summed E-state index contributed by atoms with van der Waals surface area (Å²) in [7, 11) is 0. The van der Waals surface area contributed by atoms with Gasteiger partial charge in [0.2, 0.25) is 0 Å². The fourth-order valence-electron chi connectivity index (χ4n) is 1.88. The Morgan fingerprint density at radius 3 is 2.32 bits per heavy atom. The third kappa shape index (κ3) is 1.82. The van der Waals surface area contributed by atoms with Gasteiger partial charge in [-0.2, -0.15) is 5.26 Å². The highest BCUT2D eigenvalue weighted by Gasteiger charge is 2.32. The summed E-state index contributed by atoms with van der Waals surface area (Å²) in [5.41, 5.74) is 0.747. The number of hydrogen-bond acceptors (Lipinski definition) is 2. The Morgan fingerprint density at radius 2 is 1.84 bits per heavy atom. The average molecular weight is 260 g/mol. The van der Waals surface area contributed by atoms with Crippen LogP contribution in [-0.4, -0.2) is 5.91 Å². The first-order valence-electron chi connectivity index (χ1n) is 5.48. The predicted molar refractivity (Wildman–Crippen MR) is 66.1 cm³/mol. The van der Waals surface area contributed by atoms with Crippen LogP contribution in [0.1, 0.15) is 19.4 Å². The lowest BCUT2D eigenvalue weighted by Gasteiger charge is -2.19. The maximum atomic E-state index is 13.9. The number of hydrogen-bond donors (Lipinski definition) is 0. The lowest BCUT2D eigenvalue weighted by atomic mass is 10.1. The van der Waals surface area contributed by atoms with Crippen molar-refractivity contribution in [2.24, 2.45) is 0 Å². The number of halogens is 2. The second kappa shape index (κ2) is 4.32. The molecule has 0 saturated heterocycles. The van der Waals surface area contributed by atoms with Gasteiger partial charge in [0.05, 0.1) is 11.3 Å². The molecule has 0 atom stereocenters. The van der Waals surface area contributed by atoms with Gasteiger partial charge in [0.1, 0.15) is 17.7 Å². The van der Waals surface area contributed by atoms with Crippen molar-refractivity contribution in [3.8, 4) is 6.07 Å². The Morgan fingerprint density at radius 1 is 1.21 bits per heavy atom. The van der Waals surface area contributed by atoms with Gasteiger partial charge in [-0.05, 0) is 25.5 Å². The van der Waals surface area contributed by atoms with Crippen LogP contribution in [0.25, 0.3) is 0 Å². The molecule has 19 heavy (non-hydrogen) atoms. The van der Waals surface area contributed by atoms with E-state index in [4.69, 9.17) is 5.26 Å². The van der Waals surface area contributed by atoms with Gasteiger partial charge >= 0.3 is 0 Å². The molecule has 5 heteroatoms. The smallest absolute Gasteiger partial charge is 0.258 e. The summed E-state index contributed by atoms with van der Waals surface area (Å²) in [5, 5.41) is 8.62. The first kappa shape index (κ1) is 13.0. The fraction of sp³-hybridized carbons (Fsp3) is 0.143. The van der Waals surface area contributed by atoms with Crippen molar-refractivity contribution in [2.75, 3.05) is 4.90 Å². The molecule has 0 spiro atoms. The van der Waals surface area contributed by atoms with E-state index < -0.39 is 23.1 Å². The number of carbonyl (C=O) groups excluding carboxylic acids is 1. The summed E-state index contributed by atoms with van der Waals surface area (Å²) in [5.74, 6) is -2.15. The summed E-state index contributed by atoms with van der Waals surface area (Å²) >= 11 is 0. The zero-order valence-corrected chi connectivity index (χ0v) is 10.4. The molecule has 96 valence electrons. The van der Waals surface area contributed by atoms with E-state index in [1.807, 2.05) is 0 Å². The molecule has 0 unspecified atom stereocenters. The Bertz CT molecular complexity index is 659. The lowest BCUT2D eigenvalue weighted by Crippen LogP contribution is -2.25. The van der Waals surface area contributed by atoms with Crippen LogP contribution in [0.15, 0.2) is 35.6 Å². The highest BCUT2D eigenvalue weighted by molar-refractivity contribution is 6.12. The lowest BCUT2D eigenvalue weighted by molar-refractivity contribution is -0.114. The van der Waals surface area contributed by atoms with Gasteiger partial charge in [-0.1, -0.05) is 6.58 Å². The maximum Gasteiger partial charge on any atom is 0.258 e. The molecule has 0 bridgehead atoms. The summed E-state index contributed by atoms with van der Waals surface area (Å²) in [6, 6.07) is 3.15. The van der Waals surface area contributed by atoms with Gasteiger partial charge in [0, 0.05) is 17.3 Å². The van der Waals surface area contributed by atoms with E-state index in [0.717, 1.165) is 17.0 Å². The highest BCUT2D eigenvalue weighted by atomic mass is 19.1. The number of allylic oxidation sites excluding steroid dienone is 1. The van der Waals surface area contributed by atoms with Crippen molar-refractivity contribution in [3.05, 3.63) is 52.8 Å². The molecule has 0 aromatic heterocycles. The quantitative estimate of drug-likeness (QED) is 0.779. The number of anilines is 1. The van der Waals surface area contributed by atoms with E-state index in [9.17, 15) is 13.6 Å². The minimum Gasteiger partial charge on any atom is -0.275 e. The van der Waals surface area contributed by atoms with Crippen molar-refractivity contribution in [1.29, 1.82) is 5.26 Å². The highest BCUT2D eigenvalue weighted by Crippen LogP contribution is 2.34. The van der Waals surface area contributed by atoms with Crippen LogP contribution in [-0.2, 0) is 4.79 Å². The Balaban J connectivity index is 2.57. The number of nitriles is 1. The molecule has 0 aliphatic carbocycles. The summed E-state index contributed by atoms with van der Waals surface area (Å²) < 4.78 is 27.5. The van der Waals surface area contributed by atoms with Gasteiger partial charge in [-0.3, -0.25) is 9.69 Å². The van der Waals surface area contributed by atoms with Crippen molar-refractivity contribution in [2.45, 2.75) is 13.8 Å². The predicted octanol–water partition coefficient (Wildman–Crippen LogP) is 3.03. The normalized spacial score (nSPS) is 15.2. The molecule has 1 aromatic rings. The van der Waals surface area contributed by atoms with Crippen molar-refractivity contribution in [1.82, 2.24) is 0 Å². The van der Waals surface area contributed by atoms with E-state index in [1.165, 1.54) is 0 Å². The minimum absolute atomic E-state index is 0.234. The third-order valence-corrected chi connectivity index (χ3v) is 3.19. The molecule has 1 aliphatic rings. The Kier molecular flexibility index (Phi) is 2.95. The van der Waals surface area contributed by atoms with Crippen LogP contribution in [0.4, 0.5) is 14.5 Å². The largest absolute Gasteiger partial charge is 0.275 e. The average Bonchev–Trinajstić information content (AvgIpc) is 2.57. The molecule has 3 nitrogen and oxygen atoms in total. The molecular formula is C14H10F2N2O. The van der Waals surface area contributed by atoms with E-state index in [-0.39, 0.29) is 5.69 Å². The topological polar surface area (TPSA) is 44.1 Å². The molecule has 1 aliphatic heterocycles. The van der Waals surface area contributed by atoms with Crippen molar-refractivity contribution >= 4 is 11.6 Å². The van der Waals surface area contributed by atoms with Crippen molar-refractivity contribution in [3.63, 3.8) is 0 Å². The monoisotopic (exact) mass is 260 g/mol. The first-order chi connectivity index (χ1) is 8.88. The van der Waals surface area contributed by atoms with Crippen LogP contribution in [0.5, 0.6) is 0 Å². The van der Waals surface area contributed by atoms with Gasteiger partial charge in [0.15, 0.2) is 0 Å². The zero-order valence-electron chi connectivity index (χ0n) is 10.4. The van der Waals surface area contributed by atoms with Gasteiger partial charge in [-0.15, -0.1) is 0 Å². The fourth-order valence-corrected chi connectivity index (χ4v) is 1.88. The zero-order chi connectivity index (χ0) is 14.3. The third-order valence-electron chi connectivity index (χ3n) is 3.19. The van der Waals surface area contributed by atoms with Gasteiger partial charge < -0.3 is 0 Å². The summed E-state index contributed by atoms with van der Waals surface area (Å²) in [6.07, 6.45) is 0. The standard InChI is InChI=1S/C14H10F2N2O/c1-7-8(2)14(19)18(9(7)3)13-5-11(15)10(6-17)4-12(13)16/h4-5H,3H2,1-2H3. The Hall–Kier alpha value is -2.48. The minimum atomic E-state index is -0.873. The molecule has 0 radical (unpaired) electrons. The summed E-state index contributed by atoms with van der Waals surface area (Å²) in [6.45, 7) is 6.99. The number of nitrogens with zero attached hydrogens (tertiary/aromatic N) is 2. The summed E-state index contributed by atoms with van der Waals surface area (Å²) in [4.78, 5) is 13.0. The van der Waals surface area contributed by atoms with Crippen LogP contribution in [0.3, 0.4) is 0 Å². The van der Waals surface area contributed by atoms with Crippen molar-refractivity contribution < 1.29 is 13.6 Å². The van der Waals surface area contributed by atoms with E-state index in [1.54, 1.807) is 19.9 Å². The van der Waals surface area contributed by atoms with Crippen LogP contribution >= 0.6 is 0 Å². The van der Waals surface area contributed by atoms with Crippen LogP contribution in [0, 0.1) is 23.0 Å². The molecule has 1 heterocycles. The first-order valence-corrected chi connectivity index (χ1v) is 5.48. The SMILES string of the molecule is C=C1C(C)=C(C)C(=O)N1c1cc(F)c(C#N)cc1F.